The van der Waals surface area contributed by atoms with E-state index in [2.05, 4.69) is 10.8 Å². The maximum absolute atomic E-state index is 12.1. The zero-order valence-electron chi connectivity index (χ0n) is 18.5. The van der Waals surface area contributed by atoms with Crippen LogP contribution < -0.4 is 32.7 Å². The number of carbonyl (C=O) groups is 1. The molecule has 0 aliphatic carbocycles. The van der Waals surface area contributed by atoms with Crippen LogP contribution in [0, 0.1) is 0 Å². The van der Waals surface area contributed by atoms with Crippen molar-refractivity contribution in [3.05, 3.63) is 77.4 Å². The predicted molar refractivity (Wildman–Crippen MR) is 127 cm³/mol. The van der Waals surface area contributed by atoms with Gasteiger partial charge < -0.3 is 20.8 Å². The number of rotatable bonds is 6. The molecule has 0 amide bonds. The number of fused-ring (bicyclic) bond motifs is 1. The molecule has 0 aliphatic rings. The van der Waals surface area contributed by atoms with Crippen LogP contribution in [0.2, 0.25) is 0 Å². The van der Waals surface area contributed by atoms with E-state index < -0.39 is 0 Å². The first-order chi connectivity index (χ1) is 15.9. The maximum Gasteiger partial charge on any atom is 0.332 e. The Labute approximate surface area is 189 Å². The maximum atomic E-state index is 12.1. The summed E-state index contributed by atoms with van der Waals surface area (Å²) in [6.07, 6.45) is 6.77. The summed E-state index contributed by atoms with van der Waals surface area (Å²) < 4.78 is 10.8. The second-order valence-electron chi connectivity index (χ2n) is 6.89. The minimum atomic E-state index is -0.139. The number of aryl methyl sites for hydroxylation is 2. The van der Waals surface area contributed by atoms with Gasteiger partial charge in [0.25, 0.3) is 0 Å². The summed E-state index contributed by atoms with van der Waals surface area (Å²) in [5, 5.41) is 6.23. The molecule has 2 aromatic heterocycles. The van der Waals surface area contributed by atoms with Crippen LogP contribution in [0.15, 0.2) is 71.7 Å². The second kappa shape index (κ2) is 9.85. The Bertz CT molecular complexity index is 1350. The minimum absolute atomic E-state index is 0.104. The molecule has 2 heterocycles. The van der Waals surface area contributed by atoms with Crippen molar-refractivity contribution < 1.29 is 9.53 Å². The van der Waals surface area contributed by atoms with Crippen LogP contribution in [-0.4, -0.2) is 32.2 Å². The first kappa shape index (κ1) is 23.3. The highest BCUT2D eigenvalue weighted by molar-refractivity contribution is 5.90. The fraction of sp³-hybridized carbons (Fsp3) is 0.136. The normalized spacial score (nSPS) is 11.1. The van der Waals surface area contributed by atoms with Gasteiger partial charge in [-0.05, 0) is 37.4 Å². The molecule has 2 aromatic carbocycles. The lowest BCUT2D eigenvalue weighted by atomic mass is 10.2. The number of hydrogen-bond acceptors (Lipinski definition) is 8. The second-order valence-corrected chi connectivity index (χ2v) is 6.89. The SMILES string of the molecule is CN.Cn1ccn(-c2ccc(Oc3cc(N(N)/C(C=O)=C\N)cc4cnn(C)c34)cc2)c1=O. The molecule has 11 nitrogen and oxygen atoms in total. The average Bonchev–Trinajstić information content (AvgIpc) is 3.38. The third-order valence-corrected chi connectivity index (χ3v) is 4.92. The van der Waals surface area contributed by atoms with E-state index in [0.29, 0.717) is 29.2 Å². The lowest BCUT2D eigenvalue weighted by Gasteiger charge is -2.19. The third kappa shape index (κ3) is 4.49. The number of aldehydes is 1. The number of imidazole rings is 1. The van der Waals surface area contributed by atoms with Gasteiger partial charge in [0.1, 0.15) is 17.0 Å². The van der Waals surface area contributed by atoms with Crippen LogP contribution in [0.4, 0.5) is 5.69 Å². The van der Waals surface area contributed by atoms with Gasteiger partial charge in [-0.1, -0.05) is 0 Å². The van der Waals surface area contributed by atoms with Crippen LogP contribution in [0.5, 0.6) is 11.5 Å². The van der Waals surface area contributed by atoms with Crippen molar-refractivity contribution in [1.29, 1.82) is 0 Å². The van der Waals surface area contributed by atoms with Gasteiger partial charge in [0.05, 0.1) is 17.6 Å². The van der Waals surface area contributed by atoms with E-state index in [9.17, 15) is 9.59 Å². The van der Waals surface area contributed by atoms with E-state index >= 15 is 0 Å². The molecular formula is C22H26N8O3. The molecule has 11 heteroatoms. The van der Waals surface area contributed by atoms with E-state index in [1.807, 2.05) is 0 Å². The van der Waals surface area contributed by atoms with Crippen LogP contribution in [0.25, 0.3) is 16.6 Å². The number of aromatic nitrogens is 4. The number of benzene rings is 2. The highest BCUT2D eigenvalue weighted by Crippen LogP contribution is 2.34. The molecular weight excluding hydrogens is 424 g/mol. The van der Waals surface area contributed by atoms with Crippen molar-refractivity contribution in [1.82, 2.24) is 18.9 Å². The first-order valence-electron chi connectivity index (χ1n) is 9.90. The number of hydrazine groups is 1. The quantitative estimate of drug-likeness (QED) is 0.171. The molecule has 0 saturated heterocycles. The molecule has 0 aliphatic heterocycles. The lowest BCUT2D eigenvalue weighted by molar-refractivity contribution is -0.105. The number of anilines is 1. The standard InChI is InChI=1S/C21H21N7O3.CH5N/c1-25-7-8-27(21(25)30)15-3-5-18(6-4-15)31-19-10-16(28(23)17(11-22)13-29)9-14-12-24-26(2)20(14)19;1-2/h3-13H,22-23H2,1-2H3;2H2,1H3/b17-11-;. The molecule has 0 atom stereocenters. The summed E-state index contributed by atoms with van der Waals surface area (Å²) in [6.45, 7) is 0. The van der Waals surface area contributed by atoms with Crippen molar-refractivity contribution in [2.45, 2.75) is 0 Å². The van der Waals surface area contributed by atoms with Gasteiger partial charge in [0, 0.05) is 44.1 Å². The van der Waals surface area contributed by atoms with E-state index in [1.165, 1.54) is 21.2 Å². The number of allylic oxidation sites excluding steroid dienone is 1. The summed E-state index contributed by atoms with van der Waals surface area (Å²) in [6, 6.07) is 10.6. The van der Waals surface area contributed by atoms with Gasteiger partial charge in [0.2, 0.25) is 0 Å². The molecule has 4 aromatic rings. The highest BCUT2D eigenvalue weighted by Gasteiger charge is 2.15. The topological polar surface area (TPSA) is 152 Å². The number of nitrogens with zero attached hydrogens (tertiary/aromatic N) is 5. The largest absolute Gasteiger partial charge is 0.455 e. The minimum Gasteiger partial charge on any atom is -0.455 e. The Balaban J connectivity index is 0.00000149. The van der Waals surface area contributed by atoms with Crippen LogP contribution >= 0.6 is 0 Å². The molecule has 0 unspecified atom stereocenters. The number of hydrogen-bond donors (Lipinski definition) is 3. The van der Waals surface area contributed by atoms with E-state index in [-0.39, 0.29) is 11.4 Å². The van der Waals surface area contributed by atoms with Gasteiger partial charge in [-0.2, -0.15) is 5.10 Å². The Kier molecular flexibility index (Phi) is 6.96. The van der Waals surface area contributed by atoms with Crippen molar-refractivity contribution >= 4 is 22.9 Å². The summed E-state index contributed by atoms with van der Waals surface area (Å²) in [7, 11) is 5.00. The van der Waals surface area contributed by atoms with Crippen molar-refractivity contribution in [3.63, 3.8) is 0 Å². The summed E-state index contributed by atoms with van der Waals surface area (Å²) in [4.78, 5) is 23.4. The Morgan fingerprint density at radius 1 is 1.12 bits per heavy atom. The molecule has 0 bridgehead atoms. The number of ether oxygens (including phenoxy) is 1. The average molecular weight is 451 g/mol. The fourth-order valence-corrected chi connectivity index (χ4v) is 3.27. The van der Waals surface area contributed by atoms with E-state index in [1.54, 1.807) is 73.8 Å². The molecule has 172 valence electrons. The van der Waals surface area contributed by atoms with E-state index in [0.717, 1.165) is 17.1 Å². The monoisotopic (exact) mass is 450 g/mol. The van der Waals surface area contributed by atoms with Crippen molar-refractivity contribution in [2.75, 3.05) is 12.1 Å². The smallest absolute Gasteiger partial charge is 0.332 e. The molecule has 0 spiro atoms. The highest BCUT2D eigenvalue weighted by atomic mass is 16.5. The molecule has 4 rings (SSSR count). The van der Waals surface area contributed by atoms with Crippen LogP contribution in [0.3, 0.4) is 0 Å². The summed E-state index contributed by atoms with van der Waals surface area (Å²) in [5.41, 5.74) is 11.9. The summed E-state index contributed by atoms with van der Waals surface area (Å²) in [5.74, 6) is 7.11. The van der Waals surface area contributed by atoms with E-state index in [4.69, 9.17) is 16.3 Å². The zero-order chi connectivity index (χ0) is 24.1. The molecule has 33 heavy (non-hydrogen) atoms. The molecule has 6 N–H and O–H groups in total. The molecule has 0 fully saturated rings. The fourth-order valence-electron chi connectivity index (χ4n) is 3.27. The Morgan fingerprint density at radius 3 is 2.39 bits per heavy atom. The predicted octanol–water partition coefficient (Wildman–Crippen LogP) is 1.11. The lowest BCUT2D eigenvalue weighted by Crippen LogP contribution is -2.31. The van der Waals surface area contributed by atoms with Crippen LogP contribution in [-0.2, 0) is 18.9 Å². The van der Waals surface area contributed by atoms with Gasteiger partial charge >= 0.3 is 5.69 Å². The van der Waals surface area contributed by atoms with Crippen molar-refractivity contribution in [2.24, 2.45) is 31.4 Å². The molecule has 0 radical (unpaired) electrons. The molecule has 0 saturated carbocycles. The number of nitrogens with two attached hydrogens (primary N) is 3. The Hall–Kier alpha value is -4.35. The van der Waals surface area contributed by atoms with Crippen molar-refractivity contribution in [3.8, 4) is 17.2 Å². The first-order valence-corrected chi connectivity index (χ1v) is 9.90. The van der Waals surface area contributed by atoms with Gasteiger partial charge in [0.15, 0.2) is 12.0 Å². The third-order valence-electron chi connectivity index (χ3n) is 4.92. The van der Waals surface area contributed by atoms with Crippen LogP contribution in [0.1, 0.15) is 0 Å². The van der Waals surface area contributed by atoms with Gasteiger partial charge in [-0.25, -0.2) is 10.6 Å². The number of carbonyl (C=O) groups excluding carboxylic acids is 1. The Morgan fingerprint density at radius 2 is 1.82 bits per heavy atom. The summed E-state index contributed by atoms with van der Waals surface area (Å²) >= 11 is 0. The zero-order valence-corrected chi connectivity index (χ0v) is 18.5. The van der Waals surface area contributed by atoms with Gasteiger partial charge in [-0.15, -0.1) is 0 Å². The van der Waals surface area contributed by atoms with Gasteiger partial charge in [-0.3, -0.25) is 19.1 Å².